The van der Waals surface area contributed by atoms with E-state index in [-0.39, 0.29) is 18.1 Å². The van der Waals surface area contributed by atoms with Gasteiger partial charge in [0.25, 0.3) is 0 Å². The molecule has 0 aromatic carbocycles. The van der Waals surface area contributed by atoms with Crippen molar-refractivity contribution < 1.29 is 38.4 Å². The van der Waals surface area contributed by atoms with Gasteiger partial charge in [-0.3, -0.25) is 4.79 Å². The number of rotatable bonds is 3. The molecule has 1 unspecified atom stereocenters. The summed E-state index contributed by atoms with van der Waals surface area (Å²) in [6, 6.07) is 0. The molecule has 0 saturated carbocycles. The van der Waals surface area contributed by atoms with Crippen LogP contribution in [0.2, 0.25) is 0 Å². The number of aliphatic hydroxyl groups excluding tert-OH is 1. The number of carbonyl (C=O) groups excluding carboxylic acids is 3. The molecular weight excluding hydrogens is 392 g/mol. The van der Waals surface area contributed by atoms with Crippen molar-refractivity contribution in [2.75, 3.05) is 0 Å². The van der Waals surface area contributed by atoms with E-state index in [0.29, 0.717) is 11.1 Å². The molecule has 2 saturated heterocycles. The van der Waals surface area contributed by atoms with Crippen molar-refractivity contribution in [2.24, 2.45) is 5.92 Å². The lowest BCUT2D eigenvalue weighted by Gasteiger charge is -2.29. The van der Waals surface area contributed by atoms with Crippen molar-refractivity contribution in [2.45, 2.75) is 77.2 Å². The number of carbonyl (C=O) groups is 3. The number of ether oxygens (including phenoxy) is 4. The first kappa shape index (κ1) is 22.2. The third-order valence-corrected chi connectivity index (χ3v) is 6.04. The van der Waals surface area contributed by atoms with E-state index >= 15 is 0 Å². The van der Waals surface area contributed by atoms with Crippen LogP contribution in [-0.2, 0) is 33.3 Å². The van der Waals surface area contributed by atoms with Crippen molar-refractivity contribution in [3.05, 3.63) is 35.5 Å². The van der Waals surface area contributed by atoms with E-state index in [9.17, 15) is 19.5 Å². The number of esters is 3. The predicted molar refractivity (Wildman–Crippen MR) is 105 cm³/mol. The lowest BCUT2D eigenvalue weighted by Crippen LogP contribution is -2.37. The van der Waals surface area contributed by atoms with E-state index in [2.05, 4.69) is 6.58 Å². The minimum Gasteiger partial charge on any atom is -0.458 e. The Morgan fingerprint density at radius 3 is 2.43 bits per heavy atom. The van der Waals surface area contributed by atoms with Gasteiger partial charge in [0.05, 0.1) is 18.1 Å². The molecule has 8 heteroatoms. The Hall–Kier alpha value is -2.45. The average Bonchev–Trinajstić information content (AvgIpc) is 3.17. The van der Waals surface area contributed by atoms with Crippen LogP contribution in [0, 0.1) is 5.92 Å². The molecule has 1 aliphatic carbocycles. The summed E-state index contributed by atoms with van der Waals surface area (Å²) in [5.74, 6) is -2.32. The summed E-state index contributed by atoms with van der Waals surface area (Å²) in [5, 5.41) is 10.7. The number of aliphatic hydroxyl groups is 1. The number of hydrogen-bond donors (Lipinski definition) is 1. The molecule has 2 fully saturated rings. The quantitative estimate of drug-likeness (QED) is 0.242. The van der Waals surface area contributed by atoms with Crippen LogP contribution in [0.25, 0.3) is 0 Å². The molecule has 1 N–H and O–H groups in total. The summed E-state index contributed by atoms with van der Waals surface area (Å²) in [5.41, 5.74) is 0.260. The normalized spacial score (nSPS) is 42.1. The fourth-order valence-electron chi connectivity index (χ4n) is 3.78. The molecule has 2 aliphatic heterocycles. The number of epoxide rings is 1. The van der Waals surface area contributed by atoms with E-state index < -0.39 is 53.8 Å². The van der Waals surface area contributed by atoms with Crippen molar-refractivity contribution in [1.82, 2.24) is 0 Å². The Bertz CT molecular complexity index is 840. The zero-order valence-corrected chi connectivity index (χ0v) is 17.8. The summed E-state index contributed by atoms with van der Waals surface area (Å²) in [6.45, 7) is 11.9. The van der Waals surface area contributed by atoms with Crippen molar-refractivity contribution in [3.63, 3.8) is 0 Å². The van der Waals surface area contributed by atoms with Crippen LogP contribution >= 0.6 is 0 Å². The van der Waals surface area contributed by atoms with Crippen LogP contribution in [-0.4, -0.2) is 59.1 Å². The molecular formula is C22H28O8. The second-order valence-corrected chi connectivity index (χ2v) is 8.33. The summed E-state index contributed by atoms with van der Waals surface area (Å²) in [4.78, 5) is 36.5. The van der Waals surface area contributed by atoms with E-state index in [1.807, 2.05) is 0 Å². The second-order valence-electron chi connectivity index (χ2n) is 8.33. The Kier molecular flexibility index (Phi) is 5.93. The third kappa shape index (κ3) is 4.20. The molecule has 8 nitrogen and oxygen atoms in total. The first-order chi connectivity index (χ1) is 13.9. The lowest BCUT2D eigenvalue weighted by molar-refractivity contribution is -0.155. The van der Waals surface area contributed by atoms with Gasteiger partial charge in [-0.15, -0.1) is 0 Å². The Morgan fingerprint density at radius 1 is 1.23 bits per heavy atom. The van der Waals surface area contributed by atoms with Gasteiger partial charge in [-0.1, -0.05) is 6.58 Å². The fraction of sp³-hybridized carbons (Fsp3) is 0.591. The van der Waals surface area contributed by atoms with Crippen LogP contribution in [0.4, 0.5) is 0 Å². The van der Waals surface area contributed by atoms with Crippen LogP contribution in [0.3, 0.4) is 0 Å². The maximum Gasteiger partial charge on any atom is 0.341 e. The topological polar surface area (TPSA) is 112 Å². The summed E-state index contributed by atoms with van der Waals surface area (Å²) >= 11 is 0. The van der Waals surface area contributed by atoms with E-state index in [1.54, 1.807) is 39.8 Å². The van der Waals surface area contributed by atoms with Crippen LogP contribution < -0.4 is 0 Å². The van der Waals surface area contributed by atoms with Crippen LogP contribution in [0.1, 0.15) is 41.0 Å². The van der Waals surface area contributed by atoms with Gasteiger partial charge in [0.15, 0.2) is 5.60 Å². The highest BCUT2D eigenvalue weighted by Gasteiger charge is 2.58. The van der Waals surface area contributed by atoms with Gasteiger partial charge < -0.3 is 24.1 Å². The molecule has 0 spiro atoms. The van der Waals surface area contributed by atoms with E-state index in [0.717, 1.165) is 0 Å². The molecule has 3 rings (SSSR count). The zero-order valence-electron chi connectivity index (χ0n) is 17.8. The largest absolute Gasteiger partial charge is 0.458 e. The smallest absolute Gasteiger partial charge is 0.341 e. The molecule has 3 aliphatic rings. The second kappa shape index (κ2) is 8.00. The van der Waals surface area contributed by atoms with Gasteiger partial charge in [0, 0.05) is 18.9 Å². The lowest BCUT2D eigenvalue weighted by atomic mass is 9.85. The molecule has 0 radical (unpaired) electrons. The molecule has 0 aromatic heterocycles. The summed E-state index contributed by atoms with van der Waals surface area (Å²) in [6.07, 6.45) is -0.176. The van der Waals surface area contributed by atoms with Crippen LogP contribution in [0.15, 0.2) is 35.5 Å². The minimum absolute atomic E-state index is 0.120. The van der Waals surface area contributed by atoms with E-state index in [1.165, 1.54) is 6.92 Å². The maximum atomic E-state index is 12.7. The molecule has 0 amide bonds. The first-order valence-electron chi connectivity index (χ1n) is 9.94. The maximum absolute atomic E-state index is 12.7. The van der Waals surface area contributed by atoms with Crippen LogP contribution in [0.5, 0.6) is 0 Å². The van der Waals surface area contributed by atoms with Gasteiger partial charge in [-0.2, -0.15) is 0 Å². The molecule has 0 bridgehead atoms. The minimum atomic E-state index is -1.04. The standard InChI is InChI=1S/C22H28O8/c1-10-7-18(29-21(26)22(6)13(4)30-22)19-12(3)20(25)28-17(19)8-11(2)16(9-15(10)24)27-14(5)23/h7-8,13,15-19,24H,3,9H2,1-2,4-6H3/b10-7-,11-8-/t13-,15+,16+,17-,18-,19?,22-/m1/s1. The van der Waals surface area contributed by atoms with Gasteiger partial charge in [0.1, 0.15) is 18.3 Å². The predicted octanol–water partition coefficient (Wildman–Crippen LogP) is 1.76. The SMILES string of the molecule is C=C1C(=O)O[C@@H]2/C=C(/C)[C@@H](OC(C)=O)C[C@H](O)/C(C)=C\[C@@H](OC(=O)[C@]3(C)O[C@@H]3C)C12. The number of hydrogen-bond acceptors (Lipinski definition) is 8. The van der Waals surface area contributed by atoms with E-state index in [4.69, 9.17) is 18.9 Å². The van der Waals surface area contributed by atoms with Gasteiger partial charge in [-0.05, 0) is 51.0 Å². The molecule has 2 heterocycles. The molecule has 0 aromatic rings. The van der Waals surface area contributed by atoms with Crippen molar-refractivity contribution in [1.29, 1.82) is 0 Å². The summed E-state index contributed by atoms with van der Waals surface area (Å²) < 4.78 is 21.9. The molecule has 30 heavy (non-hydrogen) atoms. The Morgan fingerprint density at radius 2 is 1.87 bits per heavy atom. The highest BCUT2D eigenvalue weighted by molar-refractivity contribution is 5.91. The van der Waals surface area contributed by atoms with Crippen molar-refractivity contribution in [3.8, 4) is 0 Å². The highest BCUT2D eigenvalue weighted by Crippen LogP contribution is 2.40. The fourth-order valence-corrected chi connectivity index (χ4v) is 3.78. The van der Waals surface area contributed by atoms with Gasteiger partial charge >= 0.3 is 17.9 Å². The Labute approximate surface area is 175 Å². The zero-order chi connectivity index (χ0) is 22.4. The average molecular weight is 420 g/mol. The monoisotopic (exact) mass is 420 g/mol. The number of fused-ring (bicyclic) bond motifs is 1. The molecule has 7 atom stereocenters. The third-order valence-electron chi connectivity index (χ3n) is 6.04. The van der Waals surface area contributed by atoms with Gasteiger partial charge in [-0.25, -0.2) is 9.59 Å². The van der Waals surface area contributed by atoms with Gasteiger partial charge in [0.2, 0.25) is 0 Å². The summed E-state index contributed by atoms with van der Waals surface area (Å²) in [7, 11) is 0. The van der Waals surface area contributed by atoms with Crippen molar-refractivity contribution >= 4 is 17.9 Å². The first-order valence-corrected chi connectivity index (χ1v) is 9.94. The Balaban J connectivity index is 1.99. The molecule has 164 valence electrons. The highest BCUT2D eigenvalue weighted by atomic mass is 16.7.